The first-order chi connectivity index (χ1) is 39.7. The van der Waals surface area contributed by atoms with Gasteiger partial charge in [-0.15, -0.1) is 0 Å². The van der Waals surface area contributed by atoms with E-state index in [4.69, 9.17) is 5.11 Å². The maximum Gasteiger partial charge on any atom is 0.313 e. The molecular weight excluding hydrogens is 1240 g/mol. The molecule has 0 spiro atoms. The number of carbonyl (C=O) groups is 8. The maximum atomic E-state index is 14.5. The van der Waals surface area contributed by atoms with Gasteiger partial charge in [-0.25, -0.2) is 38.7 Å². The molecule has 28 heteroatoms. The van der Waals surface area contributed by atoms with Crippen molar-refractivity contribution in [3.05, 3.63) is 130 Å². The van der Waals surface area contributed by atoms with Gasteiger partial charge in [-0.1, -0.05) is 39.1 Å². The van der Waals surface area contributed by atoms with Crippen LogP contribution in [0.5, 0.6) is 0 Å². The zero-order chi connectivity index (χ0) is 59.2. The number of ether oxygens (including phenoxy) is 1. The number of nitrogens with one attached hydrogen (secondary N) is 2. The number of Topliss-reactive ketones (excluding diaryl/α,β-unsaturated/α-hetero) is 2. The lowest BCUT2D eigenvalue weighted by Crippen LogP contribution is -2.44. The minimum atomic E-state index is -1.38. The van der Waals surface area contributed by atoms with Crippen molar-refractivity contribution in [2.45, 2.75) is 91.9 Å². The van der Waals surface area contributed by atoms with Gasteiger partial charge in [0.15, 0.2) is 11.6 Å². The first kappa shape index (κ1) is 63.4. The van der Waals surface area contributed by atoms with Crippen LogP contribution in [0.3, 0.4) is 0 Å². The number of halogens is 4. The Kier molecular flexibility index (Phi) is 20.5. The Morgan fingerprint density at radius 1 is 0.600 bits per heavy atom. The third-order valence-electron chi connectivity index (χ3n) is 13.3. The van der Waals surface area contributed by atoms with Gasteiger partial charge in [-0.3, -0.25) is 47.7 Å². The summed E-state index contributed by atoms with van der Waals surface area (Å²) in [6, 6.07) is 18.2. The highest BCUT2D eigenvalue weighted by molar-refractivity contribution is 9.10. The molecule has 2 fully saturated rings. The van der Waals surface area contributed by atoms with Gasteiger partial charge >= 0.3 is 11.9 Å². The molecule has 2 aliphatic heterocycles. The van der Waals surface area contributed by atoms with Gasteiger partial charge in [-0.2, -0.15) is 10.2 Å². The molecule has 0 saturated carbocycles. The summed E-state index contributed by atoms with van der Waals surface area (Å²) in [6.07, 6.45) is 2.69. The zero-order valence-corrected chi connectivity index (χ0v) is 47.4. The number of esters is 1. The number of ketones is 2. The molecule has 10 rings (SSSR count). The van der Waals surface area contributed by atoms with Crippen LogP contribution in [0.25, 0.3) is 44.1 Å². The molecule has 2 aromatic carbocycles. The lowest BCUT2D eigenvalue weighted by atomic mass is 10.0. The Labute approximate surface area is 501 Å². The van der Waals surface area contributed by atoms with Gasteiger partial charge in [0.1, 0.15) is 94.2 Å². The van der Waals surface area contributed by atoms with E-state index in [2.05, 4.69) is 87.3 Å². The maximum absolute atomic E-state index is 14.5. The minimum Gasteiger partial charge on any atom is -0.481 e. The molecule has 6 aromatic heterocycles. The number of alkyl halides is 2. The zero-order valence-electron chi connectivity index (χ0n) is 44.2. The number of amides is 4. The van der Waals surface area contributed by atoms with Crippen molar-refractivity contribution in [1.29, 1.82) is 0 Å². The summed E-state index contributed by atoms with van der Waals surface area (Å²) in [5.41, 5.74) is 3.88. The molecule has 85 heavy (non-hydrogen) atoms. The average molecular weight is 1290 g/mol. The standard InChI is InChI=1S/C28H25BrFN7O5.C27H23BrFN7O5.2CH4/c1-15(38)27-19-8-16(17-11-31-24(32-12-17)10-26(40)42-2)6-7-20(19)37(35-27)14-25(39)36-13-18(30)9-21(36)28(41)34-23-5-3-4-22(29)33-23;1-14(37)26-18-7-15(16-10-30-23(31-11-16)9-25(39)40)5-6-19(18)36(34-26)13-24(38)35-12-17(29)8-20(35)27(41)33-22-4-2-3-21(28)32-22;;/h3-8,11-12,18,21H,9-10,13-14H2,1-2H3,(H,33,34,41);2-7,10-11,17,20H,8-9,12-13H2,1H3,(H,39,40)(H,32,33,41);2*1H4/t18-,21+;17-,20+;;/m11../s1. The summed E-state index contributed by atoms with van der Waals surface area (Å²) >= 11 is 6.47. The van der Waals surface area contributed by atoms with E-state index in [1.807, 2.05) is 0 Å². The van der Waals surface area contributed by atoms with E-state index in [1.54, 1.807) is 85.2 Å². The second-order valence-electron chi connectivity index (χ2n) is 19.1. The van der Waals surface area contributed by atoms with Gasteiger partial charge in [0.2, 0.25) is 23.6 Å². The summed E-state index contributed by atoms with van der Waals surface area (Å²) in [6.45, 7) is 1.62. The van der Waals surface area contributed by atoms with E-state index in [9.17, 15) is 47.1 Å². The van der Waals surface area contributed by atoms with Crippen LogP contribution >= 0.6 is 31.9 Å². The SMILES string of the molecule is C.C.CC(=O)c1nn(CC(=O)N2C[C@H](F)C[C@H]2C(=O)Nc2cccc(Br)n2)c2ccc(-c3cnc(CC(=O)O)nc3)cc12.COC(=O)Cc1ncc(-c2ccc3c(c2)c(C(C)=O)nn3CC(=O)N2C[C@H](F)C[C@H]2C(=O)Nc2cccc(Br)n2)cn1. The highest BCUT2D eigenvalue weighted by Gasteiger charge is 2.42. The Hall–Kier alpha value is -9.18. The molecule has 2 aliphatic rings. The van der Waals surface area contributed by atoms with Crippen LogP contribution < -0.4 is 10.6 Å². The highest BCUT2D eigenvalue weighted by atomic mass is 79.9. The number of anilines is 2. The van der Waals surface area contributed by atoms with Crippen molar-refractivity contribution in [2.24, 2.45) is 0 Å². The minimum absolute atomic E-state index is 0. The second kappa shape index (κ2) is 27.5. The summed E-state index contributed by atoms with van der Waals surface area (Å²) in [5.74, 6) is -3.28. The lowest BCUT2D eigenvalue weighted by molar-refractivity contribution is -0.140. The van der Waals surface area contributed by atoms with Crippen molar-refractivity contribution >= 4 is 112 Å². The highest BCUT2D eigenvalue weighted by Crippen LogP contribution is 2.31. The number of hydrogen-bond donors (Lipinski definition) is 3. The molecule has 442 valence electrons. The van der Waals surface area contributed by atoms with E-state index in [0.717, 1.165) is 0 Å². The van der Waals surface area contributed by atoms with Crippen LogP contribution in [0.2, 0.25) is 0 Å². The largest absolute Gasteiger partial charge is 0.481 e. The van der Waals surface area contributed by atoms with E-state index in [1.165, 1.54) is 52.5 Å². The number of aliphatic carboxylic acids is 1. The first-order valence-corrected chi connectivity index (χ1v) is 27.0. The summed E-state index contributed by atoms with van der Waals surface area (Å²) in [5, 5.41) is 23.9. The summed E-state index contributed by atoms with van der Waals surface area (Å²) in [7, 11) is 1.28. The second-order valence-corrected chi connectivity index (χ2v) is 20.8. The molecular formula is C57H56Br2F2N14O10. The topological polar surface area (TPSA) is 310 Å². The number of carboxylic acid groups (broad SMARTS) is 1. The van der Waals surface area contributed by atoms with Crippen LogP contribution in [-0.4, -0.2) is 156 Å². The van der Waals surface area contributed by atoms with Crippen LogP contribution in [0.4, 0.5) is 20.4 Å². The van der Waals surface area contributed by atoms with Crippen molar-refractivity contribution in [3.8, 4) is 22.3 Å². The van der Waals surface area contributed by atoms with Crippen molar-refractivity contribution in [1.82, 2.24) is 59.3 Å². The van der Waals surface area contributed by atoms with Crippen LogP contribution in [0.1, 0.15) is 74.2 Å². The van der Waals surface area contributed by atoms with Crippen LogP contribution in [0.15, 0.2) is 107 Å². The smallest absolute Gasteiger partial charge is 0.313 e. The molecule has 0 unspecified atom stereocenters. The van der Waals surface area contributed by atoms with E-state index < -0.39 is 60.0 Å². The number of fused-ring (bicyclic) bond motifs is 2. The Morgan fingerprint density at radius 3 is 1.36 bits per heavy atom. The fourth-order valence-electron chi connectivity index (χ4n) is 9.44. The predicted octanol–water partition coefficient (Wildman–Crippen LogP) is 7.48. The number of carboxylic acids is 1. The lowest BCUT2D eigenvalue weighted by Gasteiger charge is -2.23. The third-order valence-corrected chi connectivity index (χ3v) is 14.2. The van der Waals surface area contributed by atoms with Crippen molar-refractivity contribution in [3.63, 3.8) is 0 Å². The van der Waals surface area contributed by atoms with Crippen molar-refractivity contribution < 1.29 is 57.0 Å². The number of benzene rings is 2. The van der Waals surface area contributed by atoms with E-state index in [-0.39, 0.29) is 107 Å². The fourth-order valence-corrected chi connectivity index (χ4v) is 10.1. The average Bonchev–Trinajstić information content (AvgIpc) is 1.98. The summed E-state index contributed by atoms with van der Waals surface area (Å²) < 4.78 is 37.3. The first-order valence-electron chi connectivity index (χ1n) is 25.4. The molecule has 8 heterocycles. The van der Waals surface area contributed by atoms with Crippen LogP contribution in [-0.2, 0) is 59.4 Å². The molecule has 0 bridgehead atoms. The fraction of sp³-hybridized carbons (Fsp3) is 0.298. The number of likely N-dealkylation sites (tertiary alicyclic amines) is 2. The van der Waals surface area contributed by atoms with Gasteiger partial charge in [0, 0.05) is 73.4 Å². The molecule has 0 radical (unpaired) electrons. The normalized spacial score (nSPS) is 16.1. The Morgan fingerprint density at radius 2 is 1.00 bits per heavy atom. The number of rotatable bonds is 16. The molecule has 0 aliphatic carbocycles. The predicted molar refractivity (Wildman–Crippen MR) is 313 cm³/mol. The molecule has 4 amide bonds. The number of methoxy groups -OCH3 is 1. The number of aromatic nitrogens is 10. The van der Waals surface area contributed by atoms with Crippen molar-refractivity contribution in [2.75, 3.05) is 30.8 Å². The molecule has 24 nitrogen and oxygen atoms in total. The van der Waals surface area contributed by atoms with Gasteiger partial charge in [0.05, 0.1) is 31.2 Å². The van der Waals surface area contributed by atoms with Crippen LogP contribution in [0, 0.1) is 0 Å². The third kappa shape index (κ3) is 15.0. The molecule has 8 aromatic rings. The number of hydrogen-bond acceptors (Lipinski definition) is 17. The van der Waals surface area contributed by atoms with E-state index >= 15 is 0 Å². The number of pyridine rings is 2. The summed E-state index contributed by atoms with van der Waals surface area (Å²) in [4.78, 5) is 127. The van der Waals surface area contributed by atoms with Gasteiger partial charge in [0.25, 0.3) is 0 Å². The molecule has 2 saturated heterocycles. The van der Waals surface area contributed by atoms with Gasteiger partial charge < -0.3 is 30.3 Å². The van der Waals surface area contributed by atoms with E-state index in [0.29, 0.717) is 59.1 Å². The molecule has 3 N–H and O–H groups in total. The monoisotopic (exact) mass is 1290 g/mol. The Balaban J connectivity index is 0.000000238. The van der Waals surface area contributed by atoms with Gasteiger partial charge in [-0.05, 0) is 91.5 Å². The Bertz CT molecular complexity index is 3870. The number of nitrogens with zero attached hydrogens (tertiary/aromatic N) is 12. The number of carbonyl (C=O) groups excluding carboxylic acids is 7. The quantitative estimate of drug-likeness (QED) is 0.0479. The molecule has 4 atom stereocenters.